The second kappa shape index (κ2) is 6.35. The van der Waals surface area contributed by atoms with E-state index in [4.69, 9.17) is 4.74 Å². The molecule has 2 aromatic carbocycles. The second-order valence-electron chi connectivity index (χ2n) is 5.11. The van der Waals surface area contributed by atoms with E-state index < -0.39 is 5.97 Å². The molecular weight excluding hydrogens is 264 g/mol. The predicted octanol–water partition coefficient (Wildman–Crippen LogP) is 3.65. The Morgan fingerprint density at radius 3 is 2.29 bits per heavy atom. The number of Topliss-reactive ketones (excluding diaryl/α,β-unsaturated/α-hetero) is 1. The molecule has 0 aliphatic rings. The van der Waals surface area contributed by atoms with Crippen molar-refractivity contribution in [3.05, 3.63) is 70.3 Å². The van der Waals surface area contributed by atoms with Crippen LogP contribution in [0, 0.1) is 20.8 Å². The van der Waals surface area contributed by atoms with Crippen LogP contribution in [0.5, 0.6) is 0 Å². The summed E-state index contributed by atoms with van der Waals surface area (Å²) in [6.45, 7) is 5.52. The first-order chi connectivity index (χ1) is 9.99. The fraction of sp³-hybridized carbons (Fsp3) is 0.222. The number of hydrogen-bond donors (Lipinski definition) is 0. The van der Waals surface area contributed by atoms with Gasteiger partial charge in [0.05, 0.1) is 5.56 Å². The van der Waals surface area contributed by atoms with E-state index in [-0.39, 0.29) is 12.4 Å². The first kappa shape index (κ1) is 15.0. The molecule has 0 radical (unpaired) electrons. The number of rotatable bonds is 4. The Balaban J connectivity index is 2.02. The van der Waals surface area contributed by atoms with Crippen LogP contribution in [-0.2, 0) is 4.74 Å². The highest BCUT2D eigenvalue weighted by atomic mass is 16.5. The van der Waals surface area contributed by atoms with Crippen molar-refractivity contribution in [3.8, 4) is 0 Å². The number of esters is 1. The van der Waals surface area contributed by atoms with Gasteiger partial charge in [0.25, 0.3) is 0 Å². The smallest absolute Gasteiger partial charge is 0.338 e. The van der Waals surface area contributed by atoms with Crippen LogP contribution >= 0.6 is 0 Å². The van der Waals surface area contributed by atoms with Gasteiger partial charge in [-0.25, -0.2) is 4.79 Å². The van der Waals surface area contributed by atoms with Crippen molar-refractivity contribution in [3.63, 3.8) is 0 Å². The average molecular weight is 282 g/mol. The van der Waals surface area contributed by atoms with Crippen LogP contribution in [0.3, 0.4) is 0 Å². The molecule has 0 unspecified atom stereocenters. The summed E-state index contributed by atoms with van der Waals surface area (Å²) in [4.78, 5) is 24.0. The van der Waals surface area contributed by atoms with E-state index in [0.29, 0.717) is 11.1 Å². The molecule has 0 atom stereocenters. The van der Waals surface area contributed by atoms with E-state index in [2.05, 4.69) is 0 Å². The summed E-state index contributed by atoms with van der Waals surface area (Å²) in [6.07, 6.45) is 0. The summed E-state index contributed by atoms with van der Waals surface area (Å²) < 4.78 is 5.12. The molecule has 2 rings (SSSR count). The molecule has 3 heteroatoms. The topological polar surface area (TPSA) is 43.4 Å². The molecule has 0 aliphatic heterocycles. The van der Waals surface area contributed by atoms with Crippen molar-refractivity contribution < 1.29 is 14.3 Å². The number of benzene rings is 2. The molecule has 0 aliphatic carbocycles. The molecular formula is C18H18O3. The molecule has 0 N–H and O–H groups in total. The van der Waals surface area contributed by atoms with Gasteiger partial charge >= 0.3 is 5.97 Å². The fourth-order valence-corrected chi connectivity index (χ4v) is 2.00. The van der Waals surface area contributed by atoms with E-state index in [0.717, 1.165) is 16.7 Å². The van der Waals surface area contributed by atoms with Crippen molar-refractivity contribution in [1.82, 2.24) is 0 Å². The monoisotopic (exact) mass is 282 g/mol. The lowest BCUT2D eigenvalue weighted by Gasteiger charge is -2.08. The van der Waals surface area contributed by atoms with Gasteiger partial charge in [-0.15, -0.1) is 0 Å². The standard InChI is InChI=1S/C18H18O3/c1-12-7-9-15(10-8-12)17(19)11-21-18(20)16-6-4-5-13(2)14(16)3/h4-10H,11H2,1-3H3. The largest absolute Gasteiger partial charge is 0.454 e. The van der Waals surface area contributed by atoms with Crippen molar-refractivity contribution >= 4 is 11.8 Å². The average Bonchev–Trinajstić information content (AvgIpc) is 2.48. The van der Waals surface area contributed by atoms with Crippen LogP contribution in [0.2, 0.25) is 0 Å². The summed E-state index contributed by atoms with van der Waals surface area (Å²) in [5, 5.41) is 0. The molecule has 0 saturated carbocycles. The number of carbonyl (C=O) groups is 2. The van der Waals surface area contributed by atoms with E-state index >= 15 is 0 Å². The number of hydrogen-bond acceptors (Lipinski definition) is 3. The highest BCUT2D eigenvalue weighted by Crippen LogP contribution is 2.14. The summed E-state index contributed by atoms with van der Waals surface area (Å²) in [5.41, 5.74) is 4.04. The molecule has 0 spiro atoms. The minimum Gasteiger partial charge on any atom is -0.454 e. The number of aryl methyl sites for hydroxylation is 2. The van der Waals surface area contributed by atoms with Crippen LogP contribution in [-0.4, -0.2) is 18.4 Å². The minimum absolute atomic E-state index is 0.200. The Bertz CT molecular complexity index is 669. The zero-order chi connectivity index (χ0) is 15.4. The maximum atomic E-state index is 12.0. The minimum atomic E-state index is -0.461. The molecule has 21 heavy (non-hydrogen) atoms. The normalized spacial score (nSPS) is 10.2. The second-order valence-corrected chi connectivity index (χ2v) is 5.11. The quantitative estimate of drug-likeness (QED) is 0.635. The molecule has 0 amide bonds. The first-order valence-corrected chi connectivity index (χ1v) is 6.82. The molecule has 108 valence electrons. The third-order valence-corrected chi connectivity index (χ3v) is 3.53. The van der Waals surface area contributed by atoms with E-state index in [1.165, 1.54) is 0 Å². The van der Waals surface area contributed by atoms with Crippen LogP contribution in [0.25, 0.3) is 0 Å². The summed E-state index contributed by atoms with van der Waals surface area (Å²) in [5.74, 6) is -0.662. The van der Waals surface area contributed by atoms with E-state index in [1.54, 1.807) is 24.3 Å². The van der Waals surface area contributed by atoms with Crippen molar-refractivity contribution in [2.75, 3.05) is 6.61 Å². The third kappa shape index (κ3) is 3.57. The van der Waals surface area contributed by atoms with Gasteiger partial charge in [0.15, 0.2) is 12.4 Å². The zero-order valence-corrected chi connectivity index (χ0v) is 12.5. The Morgan fingerprint density at radius 1 is 0.952 bits per heavy atom. The van der Waals surface area contributed by atoms with Gasteiger partial charge in [0.1, 0.15) is 0 Å². The lowest BCUT2D eigenvalue weighted by atomic mass is 10.0. The molecule has 0 heterocycles. The highest BCUT2D eigenvalue weighted by molar-refractivity contribution is 5.99. The zero-order valence-electron chi connectivity index (χ0n) is 12.5. The summed E-state index contributed by atoms with van der Waals surface area (Å²) >= 11 is 0. The Hall–Kier alpha value is -2.42. The maximum Gasteiger partial charge on any atom is 0.338 e. The van der Waals surface area contributed by atoms with Gasteiger partial charge < -0.3 is 4.74 Å². The molecule has 0 aromatic heterocycles. The van der Waals surface area contributed by atoms with Crippen molar-refractivity contribution in [2.24, 2.45) is 0 Å². The molecule has 2 aromatic rings. The van der Waals surface area contributed by atoms with Crippen molar-refractivity contribution in [2.45, 2.75) is 20.8 Å². The first-order valence-electron chi connectivity index (χ1n) is 6.82. The predicted molar refractivity (Wildman–Crippen MR) is 81.7 cm³/mol. The Morgan fingerprint density at radius 2 is 1.62 bits per heavy atom. The van der Waals surface area contributed by atoms with E-state index in [9.17, 15) is 9.59 Å². The summed E-state index contributed by atoms with van der Waals surface area (Å²) in [7, 11) is 0. The summed E-state index contributed by atoms with van der Waals surface area (Å²) in [6, 6.07) is 12.7. The Labute approximate surface area is 124 Å². The lowest BCUT2D eigenvalue weighted by molar-refractivity contribution is 0.0474. The van der Waals surface area contributed by atoms with Gasteiger partial charge in [0.2, 0.25) is 0 Å². The highest BCUT2D eigenvalue weighted by Gasteiger charge is 2.14. The van der Waals surface area contributed by atoms with Crippen LogP contribution < -0.4 is 0 Å². The van der Waals surface area contributed by atoms with Gasteiger partial charge in [-0.1, -0.05) is 42.0 Å². The van der Waals surface area contributed by atoms with Crippen molar-refractivity contribution in [1.29, 1.82) is 0 Å². The molecule has 0 fully saturated rings. The van der Waals surface area contributed by atoms with E-state index in [1.807, 2.05) is 39.0 Å². The number of ketones is 1. The lowest BCUT2D eigenvalue weighted by Crippen LogP contribution is -2.15. The Kier molecular flexibility index (Phi) is 4.53. The molecule has 3 nitrogen and oxygen atoms in total. The van der Waals surface area contributed by atoms with Gasteiger partial charge in [-0.2, -0.15) is 0 Å². The van der Waals surface area contributed by atoms with Gasteiger partial charge in [-0.3, -0.25) is 4.79 Å². The fourth-order valence-electron chi connectivity index (χ4n) is 2.00. The maximum absolute atomic E-state index is 12.0. The van der Waals surface area contributed by atoms with Crippen LogP contribution in [0.1, 0.15) is 37.4 Å². The third-order valence-electron chi connectivity index (χ3n) is 3.53. The SMILES string of the molecule is Cc1ccc(C(=O)COC(=O)c2cccc(C)c2C)cc1. The molecule has 0 bridgehead atoms. The van der Waals surface area contributed by atoms with Crippen LogP contribution in [0.4, 0.5) is 0 Å². The number of ether oxygens (including phenoxy) is 1. The number of carbonyl (C=O) groups excluding carboxylic acids is 2. The van der Waals surface area contributed by atoms with Gasteiger partial charge in [-0.05, 0) is 38.0 Å². The molecule has 0 saturated heterocycles. The van der Waals surface area contributed by atoms with Gasteiger partial charge in [0, 0.05) is 5.56 Å². The van der Waals surface area contributed by atoms with Crippen LogP contribution in [0.15, 0.2) is 42.5 Å².